The van der Waals surface area contributed by atoms with Crippen molar-refractivity contribution in [1.82, 2.24) is 0 Å². The Balaban J connectivity index is 1.64. The predicted molar refractivity (Wildman–Crippen MR) is 108 cm³/mol. The minimum atomic E-state index is -0.409. The lowest BCUT2D eigenvalue weighted by Gasteiger charge is -2.07. The maximum absolute atomic E-state index is 11.9. The van der Waals surface area contributed by atoms with Crippen LogP contribution in [0, 0.1) is 0 Å². The number of hydrogen-bond donors (Lipinski definition) is 1. The maximum atomic E-state index is 11.9. The van der Waals surface area contributed by atoms with Gasteiger partial charge < -0.3 is 14.6 Å². The minimum absolute atomic E-state index is 0.289. The number of rotatable bonds is 12. The zero-order valence-corrected chi connectivity index (χ0v) is 15.7. The fraction of sp³-hybridized carbons (Fsp3) is 0.348. The SMILES string of the molecule is O=C(/C=C/c1ccccc1)Oc1ccc(OCCCCCCCCO)cc1. The second kappa shape index (κ2) is 12.7. The van der Waals surface area contributed by atoms with Gasteiger partial charge in [-0.15, -0.1) is 0 Å². The molecule has 144 valence electrons. The summed E-state index contributed by atoms with van der Waals surface area (Å²) < 4.78 is 11.0. The number of benzene rings is 2. The van der Waals surface area contributed by atoms with E-state index in [0.717, 1.165) is 37.0 Å². The minimum Gasteiger partial charge on any atom is -0.494 e. The van der Waals surface area contributed by atoms with Crippen LogP contribution >= 0.6 is 0 Å². The molecule has 0 aliphatic carbocycles. The van der Waals surface area contributed by atoms with E-state index in [1.807, 2.05) is 42.5 Å². The van der Waals surface area contributed by atoms with Crippen LogP contribution in [0.1, 0.15) is 44.1 Å². The lowest BCUT2D eigenvalue weighted by molar-refractivity contribution is -0.128. The molecule has 4 nitrogen and oxygen atoms in total. The molecular formula is C23H28O4. The van der Waals surface area contributed by atoms with Crippen LogP contribution in [-0.4, -0.2) is 24.3 Å². The molecule has 0 aliphatic heterocycles. The number of aliphatic hydroxyl groups excluding tert-OH is 1. The van der Waals surface area contributed by atoms with Crippen LogP contribution < -0.4 is 9.47 Å². The Bertz CT molecular complexity index is 677. The highest BCUT2D eigenvalue weighted by Crippen LogP contribution is 2.18. The molecule has 0 atom stereocenters. The molecule has 1 N–H and O–H groups in total. The molecule has 27 heavy (non-hydrogen) atoms. The highest BCUT2D eigenvalue weighted by Gasteiger charge is 2.01. The lowest BCUT2D eigenvalue weighted by atomic mass is 10.1. The van der Waals surface area contributed by atoms with Gasteiger partial charge in [0, 0.05) is 12.7 Å². The monoisotopic (exact) mass is 368 g/mol. The molecule has 0 saturated heterocycles. The maximum Gasteiger partial charge on any atom is 0.336 e. The van der Waals surface area contributed by atoms with Gasteiger partial charge in [0.25, 0.3) is 0 Å². The van der Waals surface area contributed by atoms with E-state index < -0.39 is 5.97 Å². The molecule has 0 saturated carbocycles. The summed E-state index contributed by atoms with van der Waals surface area (Å²) in [6, 6.07) is 16.7. The van der Waals surface area contributed by atoms with Crippen LogP contribution in [0.15, 0.2) is 60.7 Å². The number of unbranched alkanes of at least 4 members (excludes halogenated alkanes) is 5. The Morgan fingerprint density at radius 3 is 2.15 bits per heavy atom. The van der Waals surface area contributed by atoms with E-state index in [4.69, 9.17) is 14.6 Å². The molecule has 0 spiro atoms. The first-order valence-corrected chi connectivity index (χ1v) is 9.56. The highest BCUT2D eigenvalue weighted by molar-refractivity contribution is 5.88. The van der Waals surface area contributed by atoms with Crippen LogP contribution in [0.4, 0.5) is 0 Å². The average Bonchev–Trinajstić information content (AvgIpc) is 2.70. The summed E-state index contributed by atoms with van der Waals surface area (Å²) in [5.74, 6) is 0.859. The summed E-state index contributed by atoms with van der Waals surface area (Å²) in [6.45, 7) is 0.969. The number of hydrogen-bond acceptors (Lipinski definition) is 4. The van der Waals surface area contributed by atoms with Crippen LogP contribution in [0.25, 0.3) is 6.08 Å². The Kier molecular flexibility index (Phi) is 9.76. The van der Waals surface area contributed by atoms with Crippen molar-refractivity contribution in [2.45, 2.75) is 38.5 Å². The van der Waals surface area contributed by atoms with E-state index in [-0.39, 0.29) is 6.61 Å². The summed E-state index contributed by atoms with van der Waals surface area (Å²) in [5, 5.41) is 8.72. The molecule has 2 aromatic rings. The molecule has 4 heteroatoms. The number of aliphatic hydroxyl groups is 1. The van der Waals surface area contributed by atoms with Crippen molar-refractivity contribution >= 4 is 12.0 Å². The van der Waals surface area contributed by atoms with Gasteiger partial charge in [-0.3, -0.25) is 0 Å². The van der Waals surface area contributed by atoms with Crippen LogP contribution in [-0.2, 0) is 4.79 Å². The van der Waals surface area contributed by atoms with Crippen LogP contribution in [0.2, 0.25) is 0 Å². The first-order chi connectivity index (χ1) is 13.3. The van der Waals surface area contributed by atoms with Crippen LogP contribution in [0.3, 0.4) is 0 Å². The molecule has 0 amide bonds. The average molecular weight is 368 g/mol. The topological polar surface area (TPSA) is 55.8 Å². The fourth-order valence-corrected chi connectivity index (χ4v) is 2.59. The Morgan fingerprint density at radius 2 is 1.44 bits per heavy atom. The lowest BCUT2D eigenvalue weighted by Crippen LogP contribution is -2.03. The number of esters is 1. The van der Waals surface area contributed by atoms with Gasteiger partial charge in [0.2, 0.25) is 0 Å². The van der Waals surface area contributed by atoms with Crippen molar-refractivity contribution < 1.29 is 19.4 Å². The molecule has 0 aromatic heterocycles. The third-order valence-electron chi connectivity index (χ3n) is 4.07. The second-order valence-corrected chi connectivity index (χ2v) is 6.33. The van der Waals surface area contributed by atoms with Crippen molar-refractivity contribution in [2.24, 2.45) is 0 Å². The number of carbonyl (C=O) groups is 1. The Labute approximate surface area is 161 Å². The summed E-state index contributed by atoms with van der Waals surface area (Å²) in [6.07, 6.45) is 9.63. The van der Waals surface area contributed by atoms with E-state index in [2.05, 4.69) is 0 Å². The quantitative estimate of drug-likeness (QED) is 0.247. The normalized spacial score (nSPS) is 10.9. The van der Waals surface area contributed by atoms with E-state index in [1.54, 1.807) is 18.2 Å². The molecular weight excluding hydrogens is 340 g/mol. The molecule has 0 radical (unpaired) electrons. The van der Waals surface area contributed by atoms with E-state index in [9.17, 15) is 4.79 Å². The van der Waals surface area contributed by atoms with Gasteiger partial charge in [0.15, 0.2) is 0 Å². The van der Waals surface area contributed by atoms with E-state index in [0.29, 0.717) is 12.4 Å². The molecule has 0 fully saturated rings. The fourth-order valence-electron chi connectivity index (χ4n) is 2.59. The van der Waals surface area contributed by atoms with E-state index in [1.165, 1.54) is 18.9 Å². The molecule has 2 aromatic carbocycles. The van der Waals surface area contributed by atoms with Crippen molar-refractivity contribution in [3.05, 3.63) is 66.2 Å². The summed E-state index contributed by atoms with van der Waals surface area (Å²) >= 11 is 0. The molecule has 0 aliphatic rings. The standard InChI is InChI=1S/C23H28O4/c24-18-8-3-1-2-4-9-19-26-21-13-15-22(16-14-21)27-23(25)17-12-20-10-6-5-7-11-20/h5-7,10-17,24H,1-4,8-9,18-19H2/b17-12+. The molecule has 0 unspecified atom stereocenters. The first-order valence-electron chi connectivity index (χ1n) is 9.56. The van der Waals surface area contributed by atoms with Gasteiger partial charge >= 0.3 is 5.97 Å². The third kappa shape index (κ3) is 9.06. The van der Waals surface area contributed by atoms with Crippen molar-refractivity contribution in [2.75, 3.05) is 13.2 Å². The smallest absolute Gasteiger partial charge is 0.336 e. The zero-order valence-electron chi connectivity index (χ0n) is 15.7. The number of carbonyl (C=O) groups excluding carboxylic acids is 1. The molecule has 2 rings (SSSR count). The van der Waals surface area contributed by atoms with Gasteiger partial charge in [0.05, 0.1) is 6.61 Å². The summed E-state index contributed by atoms with van der Waals surface area (Å²) in [5.41, 5.74) is 0.951. The van der Waals surface area contributed by atoms with Gasteiger partial charge in [-0.25, -0.2) is 4.79 Å². The van der Waals surface area contributed by atoms with Crippen molar-refractivity contribution in [3.8, 4) is 11.5 Å². The Morgan fingerprint density at radius 1 is 0.815 bits per heavy atom. The van der Waals surface area contributed by atoms with Crippen molar-refractivity contribution in [1.29, 1.82) is 0 Å². The molecule has 0 bridgehead atoms. The van der Waals surface area contributed by atoms with Gasteiger partial charge in [0.1, 0.15) is 11.5 Å². The van der Waals surface area contributed by atoms with Crippen molar-refractivity contribution in [3.63, 3.8) is 0 Å². The predicted octanol–water partition coefficient (Wildman–Crippen LogP) is 5.02. The van der Waals surface area contributed by atoms with Gasteiger partial charge in [-0.05, 0) is 48.7 Å². The molecule has 0 heterocycles. The van der Waals surface area contributed by atoms with E-state index >= 15 is 0 Å². The van der Waals surface area contributed by atoms with Gasteiger partial charge in [-0.2, -0.15) is 0 Å². The largest absolute Gasteiger partial charge is 0.494 e. The summed E-state index contributed by atoms with van der Waals surface area (Å²) in [4.78, 5) is 11.9. The van der Waals surface area contributed by atoms with Crippen LogP contribution in [0.5, 0.6) is 11.5 Å². The Hall–Kier alpha value is -2.59. The third-order valence-corrected chi connectivity index (χ3v) is 4.07. The highest BCUT2D eigenvalue weighted by atomic mass is 16.5. The van der Waals surface area contributed by atoms with Gasteiger partial charge in [-0.1, -0.05) is 56.0 Å². The first kappa shape index (κ1) is 20.7. The second-order valence-electron chi connectivity index (χ2n) is 6.33. The zero-order chi connectivity index (χ0) is 19.2. The summed E-state index contributed by atoms with van der Waals surface area (Å²) in [7, 11) is 0. The number of ether oxygens (including phenoxy) is 2.